The van der Waals surface area contributed by atoms with Crippen LogP contribution < -0.4 is 9.46 Å². The lowest BCUT2D eigenvalue weighted by Crippen LogP contribution is -2.28. The van der Waals surface area contributed by atoms with Crippen LogP contribution in [0.4, 0.5) is 5.69 Å². The smallest absolute Gasteiger partial charge is 0.276 e. The first kappa shape index (κ1) is 18.3. The Balaban J connectivity index is 1.68. The van der Waals surface area contributed by atoms with Crippen LogP contribution in [0, 0.1) is 0 Å². The minimum Gasteiger partial charge on any atom is -0.497 e. The van der Waals surface area contributed by atoms with Crippen molar-refractivity contribution < 1.29 is 22.5 Å². The van der Waals surface area contributed by atoms with E-state index in [2.05, 4.69) is 9.88 Å². The molecule has 0 bridgehead atoms. The SMILES string of the molecule is COc1cccc(NS(=O)(=O)c2ccc3onc(C(=O)N4CCCC4)c3c2)c1. The largest absolute Gasteiger partial charge is 0.497 e. The Labute approximate surface area is 162 Å². The Kier molecular flexibility index (Phi) is 4.68. The van der Waals surface area contributed by atoms with E-state index in [0.29, 0.717) is 35.5 Å². The van der Waals surface area contributed by atoms with Crippen molar-refractivity contribution in [2.24, 2.45) is 0 Å². The van der Waals surface area contributed by atoms with Crippen molar-refractivity contribution >= 4 is 32.6 Å². The first-order chi connectivity index (χ1) is 13.5. The van der Waals surface area contributed by atoms with Gasteiger partial charge in [-0.05, 0) is 43.2 Å². The molecule has 9 heteroatoms. The molecule has 3 aromatic rings. The lowest BCUT2D eigenvalue weighted by atomic mass is 10.2. The summed E-state index contributed by atoms with van der Waals surface area (Å²) >= 11 is 0. The van der Waals surface area contributed by atoms with E-state index in [0.717, 1.165) is 12.8 Å². The summed E-state index contributed by atoms with van der Waals surface area (Å²) in [6.45, 7) is 1.34. The third kappa shape index (κ3) is 3.40. The van der Waals surface area contributed by atoms with Gasteiger partial charge in [-0.1, -0.05) is 11.2 Å². The number of sulfonamides is 1. The molecule has 0 spiro atoms. The van der Waals surface area contributed by atoms with Gasteiger partial charge in [0.15, 0.2) is 11.3 Å². The van der Waals surface area contributed by atoms with E-state index in [9.17, 15) is 13.2 Å². The monoisotopic (exact) mass is 401 g/mol. The van der Waals surface area contributed by atoms with Crippen molar-refractivity contribution in [3.63, 3.8) is 0 Å². The Morgan fingerprint density at radius 3 is 2.71 bits per heavy atom. The summed E-state index contributed by atoms with van der Waals surface area (Å²) in [6, 6.07) is 10.9. The third-order valence-electron chi connectivity index (χ3n) is 4.67. The summed E-state index contributed by atoms with van der Waals surface area (Å²) in [7, 11) is -2.36. The number of methoxy groups -OCH3 is 1. The number of rotatable bonds is 5. The van der Waals surface area contributed by atoms with Crippen LogP contribution in [0.1, 0.15) is 23.3 Å². The lowest BCUT2D eigenvalue weighted by Gasteiger charge is -2.13. The molecule has 8 nitrogen and oxygen atoms in total. The van der Waals surface area contributed by atoms with Crippen molar-refractivity contribution in [1.29, 1.82) is 0 Å². The predicted molar refractivity (Wildman–Crippen MR) is 103 cm³/mol. The van der Waals surface area contributed by atoms with E-state index in [-0.39, 0.29) is 16.5 Å². The van der Waals surface area contributed by atoms with E-state index in [4.69, 9.17) is 9.26 Å². The fourth-order valence-corrected chi connectivity index (χ4v) is 4.29. The van der Waals surface area contributed by atoms with Gasteiger partial charge in [-0.3, -0.25) is 9.52 Å². The third-order valence-corrected chi connectivity index (χ3v) is 6.05. The number of hydrogen-bond donors (Lipinski definition) is 1. The second-order valence-electron chi connectivity index (χ2n) is 6.53. The fraction of sp³-hybridized carbons (Fsp3) is 0.263. The number of carbonyl (C=O) groups excluding carboxylic acids is 1. The Morgan fingerprint density at radius 1 is 1.18 bits per heavy atom. The standard InChI is InChI=1S/C19H19N3O5S/c1-26-14-6-4-5-13(11-14)21-28(24,25)15-7-8-17-16(12-15)18(20-27-17)19(23)22-9-2-3-10-22/h4-8,11-12,21H,2-3,9-10H2,1H3. The molecule has 1 fully saturated rings. The lowest BCUT2D eigenvalue weighted by molar-refractivity contribution is 0.0784. The Bertz CT molecular complexity index is 1130. The summed E-state index contributed by atoms with van der Waals surface area (Å²) in [5.41, 5.74) is 0.872. The van der Waals surface area contributed by atoms with Crippen LogP contribution in [0.3, 0.4) is 0 Å². The minimum atomic E-state index is -3.87. The molecular weight excluding hydrogens is 382 g/mol. The maximum atomic E-state index is 12.8. The van der Waals surface area contributed by atoms with Gasteiger partial charge in [0.1, 0.15) is 5.75 Å². The minimum absolute atomic E-state index is 0.0153. The molecule has 2 aromatic carbocycles. The van der Waals surface area contributed by atoms with Gasteiger partial charge in [0.25, 0.3) is 15.9 Å². The number of amides is 1. The average Bonchev–Trinajstić information content (AvgIpc) is 3.37. The van der Waals surface area contributed by atoms with Crippen molar-refractivity contribution in [1.82, 2.24) is 10.1 Å². The van der Waals surface area contributed by atoms with Gasteiger partial charge in [0.05, 0.1) is 23.1 Å². The molecule has 1 aliphatic heterocycles. The van der Waals surface area contributed by atoms with E-state index in [1.54, 1.807) is 29.2 Å². The molecular formula is C19H19N3O5S. The van der Waals surface area contributed by atoms with Crippen molar-refractivity contribution in [3.8, 4) is 5.75 Å². The maximum Gasteiger partial charge on any atom is 0.276 e. The van der Waals surface area contributed by atoms with E-state index in [1.165, 1.54) is 25.3 Å². The number of anilines is 1. The van der Waals surface area contributed by atoms with Crippen LogP contribution in [0.2, 0.25) is 0 Å². The van der Waals surface area contributed by atoms with E-state index >= 15 is 0 Å². The van der Waals surface area contributed by atoms with E-state index < -0.39 is 10.0 Å². The first-order valence-corrected chi connectivity index (χ1v) is 10.3. The molecule has 1 aromatic heterocycles. The summed E-state index contributed by atoms with van der Waals surface area (Å²) in [6.07, 6.45) is 1.90. The van der Waals surface area contributed by atoms with Gasteiger partial charge in [0, 0.05) is 19.2 Å². The highest BCUT2D eigenvalue weighted by Crippen LogP contribution is 2.26. The van der Waals surface area contributed by atoms with Crippen molar-refractivity contribution in [2.45, 2.75) is 17.7 Å². The number of likely N-dealkylation sites (tertiary alicyclic amines) is 1. The van der Waals surface area contributed by atoms with Crippen molar-refractivity contribution in [2.75, 3.05) is 24.9 Å². The number of hydrogen-bond acceptors (Lipinski definition) is 6. The van der Waals surface area contributed by atoms with Crippen LogP contribution in [0.5, 0.6) is 5.75 Å². The van der Waals surface area contributed by atoms with Crippen LogP contribution in [-0.4, -0.2) is 44.6 Å². The highest BCUT2D eigenvalue weighted by Gasteiger charge is 2.26. The van der Waals surface area contributed by atoms with Crippen LogP contribution >= 0.6 is 0 Å². The summed E-state index contributed by atoms with van der Waals surface area (Å²) in [5.74, 6) is 0.291. The van der Waals surface area contributed by atoms with Gasteiger partial charge in [-0.25, -0.2) is 8.42 Å². The summed E-state index contributed by atoms with van der Waals surface area (Å²) < 4.78 is 38.5. The van der Waals surface area contributed by atoms with Gasteiger partial charge >= 0.3 is 0 Å². The molecule has 1 amide bonds. The second-order valence-corrected chi connectivity index (χ2v) is 8.21. The van der Waals surface area contributed by atoms with Crippen LogP contribution in [0.25, 0.3) is 11.0 Å². The molecule has 0 saturated carbocycles. The zero-order valence-electron chi connectivity index (χ0n) is 15.2. The molecule has 28 heavy (non-hydrogen) atoms. The van der Waals surface area contributed by atoms with E-state index in [1.807, 2.05) is 0 Å². The number of carbonyl (C=O) groups is 1. The van der Waals surface area contributed by atoms with Gasteiger partial charge in [-0.2, -0.15) is 0 Å². The number of benzene rings is 2. The molecule has 0 aliphatic carbocycles. The topological polar surface area (TPSA) is 102 Å². The highest BCUT2D eigenvalue weighted by molar-refractivity contribution is 7.92. The molecule has 1 N–H and O–H groups in total. The molecule has 4 rings (SSSR count). The molecule has 0 unspecified atom stereocenters. The second kappa shape index (κ2) is 7.16. The molecule has 1 saturated heterocycles. The zero-order valence-corrected chi connectivity index (χ0v) is 16.0. The predicted octanol–water partition coefficient (Wildman–Crippen LogP) is 2.87. The van der Waals surface area contributed by atoms with Gasteiger partial charge in [0.2, 0.25) is 0 Å². The number of nitrogens with zero attached hydrogens (tertiary/aromatic N) is 2. The fourth-order valence-electron chi connectivity index (χ4n) is 3.21. The number of nitrogens with one attached hydrogen (secondary N) is 1. The summed E-state index contributed by atoms with van der Waals surface area (Å²) in [5, 5.41) is 4.25. The Morgan fingerprint density at radius 2 is 1.96 bits per heavy atom. The van der Waals surface area contributed by atoms with Gasteiger partial charge in [-0.15, -0.1) is 0 Å². The van der Waals surface area contributed by atoms with Crippen LogP contribution in [0.15, 0.2) is 51.9 Å². The first-order valence-electron chi connectivity index (χ1n) is 8.83. The quantitative estimate of drug-likeness (QED) is 0.705. The maximum absolute atomic E-state index is 12.8. The van der Waals surface area contributed by atoms with Gasteiger partial charge < -0.3 is 14.2 Å². The Hall–Kier alpha value is -3.07. The number of fused-ring (bicyclic) bond motifs is 1. The highest BCUT2D eigenvalue weighted by atomic mass is 32.2. The molecule has 0 radical (unpaired) electrons. The normalized spacial score (nSPS) is 14.4. The van der Waals surface area contributed by atoms with Crippen LogP contribution in [-0.2, 0) is 10.0 Å². The molecule has 146 valence electrons. The molecule has 1 aliphatic rings. The average molecular weight is 401 g/mol. The number of ether oxygens (including phenoxy) is 1. The number of aromatic nitrogens is 1. The van der Waals surface area contributed by atoms with Crippen molar-refractivity contribution in [3.05, 3.63) is 48.2 Å². The molecule has 0 atom stereocenters. The molecule has 2 heterocycles. The zero-order chi connectivity index (χ0) is 19.7. The summed E-state index contributed by atoms with van der Waals surface area (Å²) in [4.78, 5) is 14.4.